The van der Waals surface area contributed by atoms with Gasteiger partial charge < -0.3 is 20.4 Å². The Morgan fingerprint density at radius 3 is 2.48 bits per heavy atom. The molecule has 0 aliphatic rings. The van der Waals surface area contributed by atoms with Crippen molar-refractivity contribution in [2.45, 2.75) is 12.6 Å². The Labute approximate surface area is 173 Å². The van der Waals surface area contributed by atoms with Crippen molar-refractivity contribution >= 4 is 34.5 Å². The minimum absolute atomic E-state index is 0.0289. The van der Waals surface area contributed by atoms with Gasteiger partial charge in [-0.25, -0.2) is 9.78 Å². The summed E-state index contributed by atoms with van der Waals surface area (Å²) in [6.07, 6.45) is -4.81. The number of anilines is 1. The maximum Gasteiger partial charge on any atom is 0.417 e. The van der Waals surface area contributed by atoms with E-state index in [0.717, 1.165) is 19.2 Å². The number of alkyl halides is 3. The number of hydrogen-bond acceptors (Lipinski definition) is 5. The van der Waals surface area contributed by atoms with Gasteiger partial charge in [0.15, 0.2) is 0 Å². The normalized spacial score (nSPS) is 11.3. The number of aromatic nitrogens is 2. The zero-order valence-electron chi connectivity index (χ0n) is 16.4. The monoisotopic (exact) mass is 434 g/mol. The molecule has 1 heterocycles. The lowest BCUT2D eigenvalue weighted by atomic mass is 10.1. The third-order valence-electron chi connectivity index (χ3n) is 4.38. The lowest BCUT2D eigenvalue weighted by Crippen LogP contribution is -2.20. The van der Waals surface area contributed by atoms with Crippen molar-refractivity contribution in [1.29, 1.82) is 0 Å². The average molecular weight is 434 g/mol. The molecule has 0 aliphatic heterocycles. The SMILES string of the molecule is CNC(=O)Cc1nc2c(C(=O)OC)cc(NC(=O)c3ccccc3C(F)(F)F)cc2[nH]1. The summed E-state index contributed by atoms with van der Waals surface area (Å²) in [5.41, 5.74) is -1.15. The van der Waals surface area contributed by atoms with Crippen LogP contribution in [0.15, 0.2) is 36.4 Å². The number of esters is 1. The molecule has 2 aromatic carbocycles. The van der Waals surface area contributed by atoms with Gasteiger partial charge >= 0.3 is 12.1 Å². The lowest BCUT2D eigenvalue weighted by molar-refractivity contribution is -0.137. The van der Waals surface area contributed by atoms with Gasteiger partial charge in [-0.3, -0.25) is 9.59 Å². The number of hydrogen-bond donors (Lipinski definition) is 3. The fraction of sp³-hybridized carbons (Fsp3) is 0.200. The summed E-state index contributed by atoms with van der Waals surface area (Å²) in [6, 6.07) is 6.99. The number of rotatable bonds is 5. The minimum atomic E-state index is -4.72. The minimum Gasteiger partial charge on any atom is -0.465 e. The number of likely N-dealkylation sites (N-methyl/N-ethyl adjacent to an activating group) is 1. The van der Waals surface area contributed by atoms with Crippen LogP contribution in [0.1, 0.15) is 32.1 Å². The van der Waals surface area contributed by atoms with Crippen LogP contribution in [-0.4, -0.2) is 41.9 Å². The molecule has 0 spiro atoms. The van der Waals surface area contributed by atoms with E-state index in [1.54, 1.807) is 0 Å². The number of methoxy groups -OCH3 is 1. The standard InChI is InChI=1S/C20H17F3N4O4/c1-24-16(28)9-15-26-14-8-10(7-12(17(14)27-15)19(30)31-2)25-18(29)11-5-3-4-6-13(11)20(21,22)23/h3-8H,9H2,1-2H3,(H,24,28)(H,25,29)(H,26,27). The number of fused-ring (bicyclic) bond motifs is 1. The van der Waals surface area contributed by atoms with Gasteiger partial charge in [-0.05, 0) is 24.3 Å². The molecule has 3 rings (SSSR count). The molecule has 3 N–H and O–H groups in total. The maximum absolute atomic E-state index is 13.2. The summed E-state index contributed by atoms with van der Waals surface area (Å²) in [6.45, 7) is 0. The van der Waals surface area contributed by atoms with Crippen molar-refractivity contribution in [2.75, 3.05) is 19.5 Å². The van der Waals surface area contributed by atoms with Gasteiger partial charge in [0.05, 0.1) is 35.7 Å². The van der Waals surface area contributed by atoms with Gasteiger partial charge in [-0.1, -0.05) is 12.1 Å². The highest BCUT2D eigenvalue weighted by Gasteiger charge is 2.35. The summed E-state index contributed by atoms with van der Waals surface area (Å²) in [7, 11) is 2.61. The number of nitrogens with one attached hydrogen (secondary N) is 3. The van der Waals surface area contributed by atoms with Crippen molar-refractivity contribution in [3.05, 3.63) is 58.9 Å². The summed E-state index contributed by atoms with van der Waals surface area (Å²) in [5.74, 6) is -1.84. The summed E-state index contributed by atoms with van der Waals surface area (Å²) in [4.78, 5) is 43.4. The zero-order valence-corrected chi connectivity index (χ0v) is 16.4. The van der Waals surface area contributed by atoms with Crippen molar-refractivity contribution in [3.63, 3.8) is 0 Å². The summed E-state index contributed by atoms with van der Waals surface area (Å²) in [5, 5.41) is 4.81. The van der Waals surface area contributed by atoms with E-state index in [1.165, 1.54) is 31.3 Å². The predicted octanol–water partition coefficient (Wildman–Crippen LogP) is 2.91. The van der Waals surface area contributed by atoms with Gasteiger partial charge in [0, 0.05) is 12.7 Å². The molecule has 1 aromatic heterocycles. The molecule has 0 fully saturated rings. The molecule has 0 unspecified atom stereocenters. The Kier molecular flexibility index (Phi) is 5.95. The molecule has 0 radical (unpaired) electrons. The molecule has 162 valence electrons. The Balaban J connectivity index is 2.02. The lowest BCUT2D eigenvalue weighted by Gasteiger charge is -2.13. The molecule has 0 saturated carbocycles. The maximum atomic E-state index is 13.2. The van der Waals surface area contributed by atoms with Crippen LogP contribution in [0.5, 0.6) is 0 Å². The molecule has 0 atom stereocenters. The third kappa shape index (κ3) is 4.65. The Hall–Kier alpha value is -3.89. The smallest absolute Gasteiger partial charge is 0.417 e. The molecule has 0 saturated heterocycles. The number of benzene rings is 2. The van der Waals surface area contributed by atoms with E-state index in [2.05, 4.69) is 20.6 Å². The van der Waals surface area contributed by atoms with Crippen molar-refractivity contribution in [2.24, 2.45) is 0 Å². The van der Waals surface area contributed by atoms with Crippen LogP contribution in [0.25, 0.3) is 11.0 Å². The molecule has 8 nitrogen and oxygen atoms in total. The Morgan fingerprint density at radius 1 is 1.13 bits per heavy atom. The third-order valence-corrected chi connectivity index (χ3v) is 4.38. The van der Waals surface area contributed by atoms with E-state index in [4.69, 9.17) is 4.74 Å². The number of H-pyrrole nitrogens is 1. The van der Waals surface area contributed by atoms with Gasteiger partial charge in [0.1, 0.15) is 11.3 Å². The first-order chi connectivity index (χ1) is 14.6. The molecule has 3 aromatic rings. The fourth-order valence-corrected chi connectivity index (χ4v) is 2.96. The molecule has 11 heteroatoms. The second kappa shape index (κ2) is 8.46. The van der Waals surface area contributed by atoms with E-state index in [-0.39, 0.29) is 34.9 Å². The molecule has 31 heavy (non-hydrogen) atoms. The quantitative estimate of drug-likeness (QED) is 0.535. The van der Waals surface area contributed by atoms with Crippen LogP contribution in [0.2, 0.25) is 0 Å². The van der Waals surface area contributed by atoms with Crippen LogP contribution in [0.4, 0.5) is 18.9 Å². The first-order valence-electron chi connectivity index (χ1n) is 8.93. The number of ether oxygens (including phenoxy) is 1. The number of carbonyl (C=O) groups excluding carboxylic acids is 3. The molecular formula is C20H17F3N4O4. The van der Waals surface area contributed by atoms with Crippen LogP contribution >= 0.6 is 0 Å². The molecule has 0 bridgehead atoms. The second-order valence-corrected chi connectivity index (χ2v) is 6.44. The summed E-state index contributed by atoms with van der Waals surface area (Å²) >= 11 is 0. The molecule has 2 amide bonds. The first kappa shape index (κ1) is 21.8. The van der Waals surface area contributed by atoms with Gasteiger partial charge in [0.25, 0.3) is 5.91 Å². The molecular weight excluding hydrogens is 417 g/mol. The van der Waals surface area contributed by atoms with Crippen molar-refractivity contribution in [3.8, 4) is 0 Å². The Morgan fingerprint density at radius 2 is 1.84 bits per heavy atom. The van der Waals surface area contributed by atoms with Crippen molar-refractivity contribution in [1.82, 2.24) is 15.3 Å². The van der Waals surface area contributed by atoms with Gasteiger partial charge in [-0.15, -0.1) is 0 Å². The van der Waals surface area contributed by atoms with E-state index in [9.17, 15) is 27.6 Å². The highest BCUT2D eigenvalue weighted by atomic mass is 19.4. The summed E-state index contributed by atoms with van der Waals surface area (Å²) < 4.78 is 44.4. The number of carbonyl (C=O) groups is 3. The van der Waals surface area contributed by atoms with Gasteiger partial charge in [-0.2, -0.15) is 13.2 Å². The highest BCUT2D eigenvalue weighted by Crippen LogP contribution is 2.32. The number of aromatic amines is 1. The van der Waals surface area contributed by atoms with Crippen LogP contribution < -0.4 is 10.6 Å². The van der Waals surface area contributed by atoms with Crippen LogP contribution in [0.3, 0.4) is 0 Å². The topological polar surface area (TPSA) is 113 Å². The van der Waals surface area contributed by atoms with E-state index < -0.39 is 29.2 Å². The average Bonchev–Trinajstić information content (AvgIpc) is 3.13. The number of imidazole rings is 1. The van der Waals surface area contributed by atoms with Gasteiger partial charge in [0.2, 0.25) is 5.91 Å². The predicted molar refractivity (Wildman–Crippen MR) is 105 cm³/mol. The number of halogens is 3. The molecule has 0 aliphatic carbocycles. The second-order valence-electron chi connectivity index (χ2n) is 6.44. The van der Waals surface area contributed by atoms with Crippen molar-refractivity contribution < 1.29 is 32.3 Å². The number of amides is 2. The van der Waals surface area contributed by atoms with E-state index in [1.807, 2.05) is 0 Å². The van der Waals surface area contributed by atoms with E-state index >= 15 is 0 Å². The highest BCUT2D eigenvalue weighted by molar-refractivity contribution is 6.09. The zero-order chi connectivity index (χ0) is 22.8. The van der Waals surface area contributed by atoms with Crippen LogP contribution in [0, 0.1) is 0 Å². The Bertz CT molecular complexity index is 1170. The van der Waals surface area contributed by atoms with Crippen LogP contribution in [-0.2, 0) is 22.1 Å². The van der Waals surface area contributed by atoms with E-state index in [0.29, 0.717) is 5.52 Å². The first-order valence-corrected chi connectivity index (χ1v) is 8.93. The number of nitrogens with zero attached hydrogens (tertiary/aromatic N) is 1. The fourth-order valence-electron chi connectivity index (χ4n) is 2.96. The largest absolute Gasteiger partial charge is 0.465 e.